The van der Waals surface area contributed by atoms with Crippen LogP contribution in [0.4, 0.5) is 0 Å². The summed E-state index contributed by atoms with van der Waals surface area (Å²) in [6.45, 7) is 9.83. The lowest BCUT2D eigenvalue weighted by molar-refractivity contribution is -0.0161. The molecule has 0 fully saturated rings. The van der Waals surface area contributed by atoms with Crippen molar-refractivity contribution in [1.82, 2.24) is 0 Å². The lowest BCUT2D eigenvalue weighted by Gasteiger charge is -2.08. The van der Waals surface area contributed by atoms with Crippen LogP contribution in [0.3, 0.4) is 0 Å². The monoisotopic (exact) mass is 448 g/mol. The van der Waals surface area contributed by atoms with Gasteiger partial charge in [0, 0.05) is 11.0 Å². The van der Waals surface area contributed by atoms with E-state index in [1.807, 2.05) is 0 Å². The number of halogens is 1. The van der Waals surface area contributed by atoms with E-state index in [0.29, 0.717) is 66.1 Å². The Morgan fingerprint density at radius 1 is 0.478 bits per heavy atom. The molecule has 7 heteroatoms. The van der Waals surface area contributed by atoms with E-state index in [2.05, 4.69) is 29.5 Å². The third-order valence-corrected chi connectivity index (χ3v) is 3.16. The maximum atomic E-state index is 5.40. The molecule has 0 radical (unpaired) electrons. The molecule has 0 aliphatic rings. The van der Waals surface area contributed by atoms with Crippen molar-refractivity contribution in [3.05, 3.63) is 0 Å². The van der Waals surface area contributed by atoms with Crippen molar-refractivity contribution in [2.24, 2.45) is 0 Å². The Bertz CT molecular complexity index is 189. The van der Waals surface area contributed by atoms with E-state index in [1.54, 1.807) is 0 Å². The zero-order chi connectivity index (χ0) is 16.8. The minimum Gasteiger partial charge on any atom is -0.379 e. The normalized spacial score (nSPS) is 11.2. The Labute approximate surface area is 154 Å². The third-order valence-electron chi connectivity index (χ3n) is 2.72. The van der Waals surface area contributed by atoms with Crippen LogP contribution < -0.4 is 0 Å². The molecule has 0 aliphatic carbocycles. The van der Waals surface area contributed by atoms with E-state index < -0.39 is 0 Å². The number of alkyl halides is 1. The fraction of sp³-hybridized carbons (Fsp3) is 1.00. The quantitative estimate of drug-likeness (QED) is 0.162. The van der Waals surface area contributed by atoms with Gasteiger partial charge in [0.1, 0.15) is 0 Å². The molecule has 0 aromatic heterocycles. The largest absolute Gasteiger partial charge is 0.379 e. The van der Waals surface area contributed by atoms with Crippen molar-refractivity contribution in [2.45, 2.75) is 19.8 Å². The van der Waals surface area contributed by atoms with Gasteiger partial charge in [-0.1, -0.05) is 35.9 Å². The van der Waals surface area contributed by atoms with Crippen LogP contribution in [0.1, 0.15) is 19.8 Å². The van der Waals surface area contributed by atoms with Gasteiger partial charge in [0.15, 0.2) is 0 Å². The summed E-state index contributed by atoms with van der Waals surface area (Å²) >= 11 is 2.28. The van der Waals surface area contributed by atoms with E-state index in [1.165, 1.54) is 0 Å². The standard InChI is InChI=1S/C16H33IO6/c1-2-3-5-18-7-9-20-11-13-22-15-16-23-14-12-21-10-8-19-6-4-17/h2-16H2,1H3. The van der Waals surface area contributed by atoms with Gasteiger partial charge in [-0.2, -0.15) is 0 Å². The molecule has 6 nitrogen and oxygen atoms in total. The van der Waals surface area contributed by atoms with Gasteiger partial charge in [0.05, 0.1) is 72.7 Å². The Morgan fingerprint density at radius 3 is 1.09 bits per heavy atom. The van der Waals surface area contributed by atoms with E-state index in [9.17, 15) is 0 Å². The summed E-state index contributed by atoms with van der Waals surface area (Å²) in [5, 5.41) is 0. The second kappa shape index (κ2) is 22.5. The summed E-state index contributed by atoms with van der Waals surface area (Å²) in [4.78, 5) is 0. The molecule has 0 heterocycles. The first-order valence-electron chi connectivity index (χ1n) is 8.44. The molecule has 0 saturated heterocycles. The molecule has 0 saturated carbocycles. The summed E-state index contributed by atoms with van der Waals surface area (Å²) in [6, 6.07) is 0. The molecule has 0 amide bonds. The minimum atomic E-state index is 0.578. The van der Waals surface area contributed by atoms with Crippen LogP contribution in [0.15, 0.2) is 0 Å². The maximum absolute atomic E-state index is 5.40. The molecule has 0 spiro atoms. The minimum absolute atomic E-state index is 0.578. The summed E-state index contributed by atoms with van der Waals surface area (Å²) in [7, 11) is 0. The molecule has 0 aromatic rings. The molecule has 0 bridgehead atoms. The molecule has 0 unspecified atom stereocenters. The van der Waals surface area contributed by atoms with Gasteiger partial charge in [0.2, 0.25) is 0 Å². The fourth-order valence-corrected chi connectivity index (χ4v) is 1.81. The molecule has 0 aliphatic heterocycles. The third kappa shape index (κ3) is 22.5. The van der Waals surface area contributed by atoms with Crippen LogP contribution in [0.5, 0.6) is 0 Å². The topological polar surface area (TPSA) is 55.4 Å². The van der Waals surface area contributed by atoms with Gasteiger partial charge in [-0.3, -0.25) is 0 Å². The van der Waals surface area contributed by atoms with Gasteiger partial charge >= 0.3 is 0 Å². The highest BCUT2D eigenvalue weighted by molar-refractivity contribution is 14.1. The molecule has 0 atom stereocenters. The van der Waals surface area contributed by atoms with Crippen LogP contribution in [0.25, 0.3) is 0 Å². The zero-order valence-corrected chi connectivity index (χ0v) is 16.6. The first-order chi connectivity index (χ1) is 11.4. The van der Waals surface area contributed by atoms with Crippen LogP contribution in [-0.2, 0) is 28.4 Å². The lowest BCUT2D eigenvalue weighted by Crippen LogP contribution is -2.14. The molecule has 0 aromatic carbocycles. The van der Waals surface area contributed by atoms with Crippen LogP contribution in [0, 0.1) is 0 Å². The van der Waals surface area contributed by atoms with E-state index >= 15 is 0 Å². The van der Waals surface area contributed by atoms with Crippen LogP contribution in [-0.4, -0.2) is 83.7 Å². The first-order valence-corrected chi connectivity index (χ1v) is 9.96. The van der Waals surface area contributed by atoms with Gasteiger partial charge in [-0.25, -0.2) is 0 Å². The molecular weight excluding hydrogens is 415 g/mol. The highest BCUT2D eigenvalue weighted by atomic mass is 127. The van der Waals surface area contributed by atoms with Gasteiger partial charge in [-0.05, 0) is 6.42 Å². The van der Waals surface area contributed by atoms with Crippen LogP contribution >= 0.6 is 22.6 Å². The Kier molecular flexibility index (Phi) is 23.0. The van der Waals surface area contributed by atoms with Crippen molar-refractivity contribution in [1.29, 1.82) is 0 Å². The Balaban J connectivity index is 2.92. The lowest BCUT2D eigenvalue weighted by atomic mass is 10.4. The predicted octanol–water partition coefficient (Wildman–Crippen LogP) is 2.32. The van der Waals surface area contributed by atoms with Gasteiger partial charge < -0.3 is 28.4 Å². The van der Waals surface area contributed by atoms with Crippen molar-refractivity contribution >= 4 is 22.6 Å². The van der Waals surface area contributed by atoms with Crippen molar-refractivity contribution in [2.75, 3.05) is 83.7 Å². The number of ether oxygens (including phenoxy) is 6. The summed E-state index contributed by atoms with van der Waals surface area (Å²) in [5.74, 6) is 0. The molecule has 0 N–H and O–H groups in total. The molecular formula is C16H33IO6. The zero-order valence-electron chi connectivity index (χ0n) is 14.4. The van der Waals surface area contributed by atoms with Crippen molar-refractivity contribution < 1.29 is 28.4 Å². The number of rotatable bonds is 20. The second-order valence-electron chi connectivity index (χ2n) is 4.72. The van der Waals surface area contributed by atoms with E-state index in [4.69, 9.17) is 28.4 Å². The number of hydrogen-bond donors (Lipinski definition) is 0. The number of unbranched alkanes of at least 4 members (excludes halogenated alkanes) is 1. The van der Waals surface area contributed by atoms with Crippen molar-refractivity contribution in [3.63, 3.8) is 0 Å². The molecule has 0 rings (SSSR count). The number of hydrogen-bond acceptors (Lipinski definition) is 6. The predicted molar refractivity (Wildman–Crippen MR) is 98.7 cm³/mol. The van der Waals surface area contributed by atoms with E-state index in [0.717, 1.165) is 30.5 Å². The SMILES string of the molecule is CCCCOCCOCCOCCOCCOCCOCCI. The summed E-state index contributed by atoms with van der Waals surface area (Å²) in [5.41, 5.74) is 0. The highest BCUT2D eigenvalue weighted by Crippen LogP contribution is 1.88. The first kappa shape index (κ1) is 23.5. The van der Waals surface area contributed by atoms with Crippen LogP contribution in [0.2, 0.25) is 0 Å². The Morgan fingerprint density at radius 2 is 0.783 bits per heavy atom. The molecule has 23 heavy (non-hydrogen) atoms. The Hall–Kier alpha value is 0.490. The van der Waals surface area contributed by atoms with Gasteiger partial charge in [-0.15, -0.1) is 0 Å². The summed E-state index contributed by atoms with van der Waals surface area (Å²) < 4.78 is 33.2. The average molecular weight is 448 g/mol. The van der Waals surface area contributed by atoms with Crippen molar-refractivity contribution in [3.8, 4) is 0 Å². The molecule has 140 valence electrons. The second-order valence-corrected chi connectivity index (χ2v) is 5.80. The smallest absolute Gasteiger partial charge is 0.0701 e. The van der Waals surface area contributed by atoms with Gasteiger partial charge in [0.25, 0.3) is 0 Å². The van der Waals surface area contributed by atoms with E-state index in [-0.39, 0.29) is 0 Å². The highest BCUT2D eigenvalue weighted by Gasteiger charge is 1.93. The summed E-state index contributed by atoms with van der Waals surface area (Å²) in [6.07, 6.45) is 2.27. The fourth-order valence-electron chi connectivity index (χ4n) is 1.50. The average Bonchev–Trinajstić information content (AvgIpc) is 2.57. The maximum Gasteiger partial charge on any atom is 0.0701 e.